The lowest BCUT2D eigenvalue weighted by molar-refractivity contribution is -0.150. The molecule has 5 N–H and O–H groups in total. The number of rotatable bonds is 27. The molecule has 2 aromatic carbocycles. The molecule has 3 atom stereocenters. The molecular formula is C34H47N3O12. The number of carboxylic acid groups (broad SMARTS) is 5. The van der Waals surface area contributed by atoms with Gasteiger partial charge in [-0.3, -0.25) is 38.7 Å². The van der Waals surface area contributed by atoms with E-state index < -0.39 is 61.1 Å². The van der Waals surface area contributed by atoms with E-state index in [4.69, 9.17) is 9.47 Å². The van der Waals surface area contributed by atoms with Crippen molar-refractivity contribution >= 4 is 29.8 Å². The van der Waals surface area contributed by atoms with Crippen molar-refractivity contribution in [1.82, 2.24) is 14.7 Å². The first-order valence-electron chi connectivity index (χ1n) is 16.0. The summed E-state index contributed by atoms with van der Waals surface area (Å²) in [6.45, 7) is -0.550. The van der Waals surface area contributed by atoms with E-state index >= 15 is 0 Å². The Bertz CT molecular complexity index is 1230. The number of hydrogen-bond acceptors (Lipinski definition) is 10. The van der Waals surface area contributed by atoms with E-state index in [1.807, 2.05) is 19.1 Å². The Balaban J connectivity index is 2.26. The molecule has 15 heteroatoms. The van der Waals surface area contributed by atoms with Crippen LogP contribution in [0.2, 0.25) is 0 Å². The third-order valence-electron chi connectivity index (χ3n) is 7.81. The van der Waals surface area contributed by atoms with Gasteiger partial charge >= 0.3 is 29.8 Å². The van der Waals surface area contributed by atoms with Crippen molar-refractivity contribution in [3.8, 4) is 0 Å². The molecule has 49 heavy (non-hydrogen) atoms. The van der Waals surface area contributed by atoms with Crippen molar-refractivity contribution in [2.75, 3.05) is 52.5 Å². The summed E-state index contributed by atoms with van der Waals surface area (Å²) < 4.78 is 11.2. The van der Waals surface area contributed by atoms with Gasteiger partial charge in [0.15, 0.2) is 0 Å². The molecule has 0 spiro atoms. The molecule has 270 valence electrons. The molecule has 0 bridgehead atoms. The van der Waals surface area contributed by atoms with Gasteiger partial charge in [0.25, 0.3) is 0 Å². The summed E-state index contributed by atoms with van der Waals surface area (Å²) in [6.07, 6.45) is 1.41. The van der Waals surface area contributed by atoms with Gasteiger partial charge in [-0.15, -0.1) is 0 Å². The van der Waals surface area contributed by atoms with Crippen molar-refractivity contribution in [1.29, 1.82) is 0 Å². The van der Waals surface area contributed by atoms with Gasteiger partial charge in [-0.05, 0) is 17.5 Å². The molecule has 0 aliphatic carbocycles. The minimum Gasteiger partial charge on any atom is -0.480 e. The lowest BCUT2D eigenvalue weighted by atomic mass is 10.1. The first-order chi connectivity index (χ1) is 23.4. The number of nitrogens with zero attached hydrogens (tertiary/aromatic N) is 3. The average Bonchev–Trinajstić information content (AvgIpc) is 3.05. The zero-order valence-electron chi connectivity index (χ0n) is 27.6. The van der Waals surface area contributed by atoms with Crippen LogP contribution in [0, 0.1) is 0 Å². The first kappa shape index (κ1) is 40.8. The molecule has 0 heterocycles. The molecule has 0 saturated carbocycles. The number of hydrogen-bond donors (Lipinski definition) is 5. The van der Waals surface area contributed by atoms with Crippen molar-refractivity contribution in [2.24, 2.45) is 0 Å². The predicted octanol–water partition coefficient (Wildman–Crippen LogP) is 2.05. The molecule has 3 unspecified atom stereocenters. The van der Waals surface area contributed by atoms with E-state index in [0.29, 0.717) is 12.8 Å². The fourth-order valence-corrected chi connectivity index (χ4v) is 5.23. The molecule has 0 aliphatic rings. The van der Waals surface area contributed by atoms with Gasteiger partial charge in [0.2, 0.25) is 0 Å². The summed E-state index contributed by atoms with van der Waals surface area (Å²) in [4.78, 5) is 64.4. The number of unbranched alkanes of at least 4 members (excludes halogenated alkanes) is 1. The second-order valence-corrected chi connectivity index (χ2v) is 11.5. The van der Waals surface area contributed by atoms with Crippen molar-refractivity contribution in [3.63, 3.8) is 0 Å². The number of carboxylic acids is 5. The maximum atomic E-state index is 12.4. The summed E-state index contributed by atoms with van der Waals surface area (Å²) in [6, 6.07) is 14.2. The fourth-order valence-electron chi connectivity index (χ4n) is 5.23. The smallest absolute Gasteiger partial charge is 0.323 e. The first-order valence-corrected chi connectivity index (χ1v) is 16.0. The van der Waals surface area contributed by atoms with Crippen LogP contribution < -0.4 is 0 Å². The van der Waals surface area contributed by atoms with E-state index in [2.05, 4.69) is 0 Å². The van der Waals surface area contributed by atoms with Crippen LogP contribution in [0.5, 0.6) is 0 Å². The number of carbonyl (C=O) groups is 5. The largest absolute Gasteiger partial charge is 0.480 e. The minimum absolute atomic E-state index is 0.0922. The minimum atomic E-state index is -1.37. The van der Waals surface area contributed by atoms with Gasteiger partial charge in [0.05, 0.1) is 39.5 Å². The topological polar surface area (TPSA) is 215 Å². The molecule has 0 amide bonds. The second-order valence-electron chi connectivity index (χ2n) is 11.5. The zero-order valence-corrected chi connectivity index (χ0v) is 27.6. The maximum Gasteiger partial charge on any atom is 0.323 e. The highest BCUT2D eigenvalue weighted by atomic mass is 16.5. The highest BCUT2D eigenvalue weighted by Gasteiger charge is 2.33. The van der Waals surface area contributed by atoms with Crippen LogP contribution >= 0.6 is 0 Å². The lowest BCUT2D eigenvalue weighted by Crippen LogP contribution is -2.54. The van der Waals surface area contributed by atoms with Gasteiger partial charge in [-0.2, -0.15) is 0 Å². The Morgan fingerprint density at radius 2 is 0.939 bits per heavy atom. The van der Waals surface area contributed by atoms with Crippen LogP contribution in [0.1, 0.15) is 37.3 Å². The molecule has 2 aromatic rings. The summed E-state index contributed by atoms with van der Waals surface area (Å²) >= 11 is 0. The van der Waals surface area contributed by atoms with Gasteiger partial charge in [0.1, 0.15) is 18.1 Å². The van der Waals surface area contributed by atoms with Gasteiger partial charge in [-0.25, -0.2) is 0 Å². The number of aliphatic carboxylic acids is 5. The molecular weight excluding hydrogens is 642 g/mol. The summed E-state index contributed by atoms with van der Waals surface area (Å²) in [5, 5.41) is 49.3. The quantitative estimate of drug-likeness (QED) is 0.0908. The third kappa shape index (κ3) is 15.6. The molecule has 0 aromatic heterocycles. The maximum absolute atomic E-state index is 12.4. The normalized spacial score (nSPS) is 13.3. The van der Waals surface area contributed by atoms with E-state index in [1.54, 1.807) is 48.5 Å². The van der Waals surface area contributed by atoms with E-state index in [1.165, 1.54) is 14.7 Å². The molecule has 0 fully saturated rings. The molecule has 0 saturated heterocycles. The Morgan fingerprint density at radius 3 is 1.27 bits per heavy atom. The third-order valence-corrected chi connectivity index (χ3v) is 7.81. The Labute approximate surface area is 285 Å². The Morgan fingerprint density at radius 1 is 0.571 bits per heavy atom. The highest BCUT2D eigenvalue weighted by molar-refractivity contribution is 5.76. The van der Waals surface area contributed by atoms with E-state index in [0.717, 1.165) is 11.1 Å². The lowest BCUT2D eigenvalue weighted by Gasteiger charge is -2.35. The van der Waals surface area contributed by atoms with Crippen LogP contribution in [-0.4, -0.2) is 141 Å². The highest BCUT2D eigenvalue weighted by Crippen LogP contribution is 2.14. The average molecular weight is 690 g/mol. The molecule has 15 nitrogen and oxygen atoms in total. The van der Waals surface area contributed by atoms with E-state index in [9.17, 15) is 49.5 Å². The van der Waals surface area contributed by atoms with Gasteiger partial charge < -0.3 is 35.0 Å². The van der Waals surface area contributed by atoms with Crippen molar-refractivity contribution in [2.45, 2.75) is 57.5 Å². The SMILES string of the molecule is CCCCC(C(=O)O)N(CCN(CC(=O)O)C(COCc1ccccc1)C(=O)O)CCN(CC(=O)O)C(COCc1ccccc1)C(=O)O. The molecule has 0 aliphatic heterocycles. The number of ether oxygens (including phenoxy) is 2. The fraction of sp³-hybridized carbons (Fsp3) is 0.500. The number of benzene rings is 2. The second kappa shape index (κ2) is 22.3. The summed E-state index contributed by atoms with van der Waals surface area (Å²) in [5.41, 5.74) is 1.58. The Kier molecular flexibility index (Phi) is 18.5. The van der Waals surface area contributed by atoms with Crippen LogP contribution in [0.4, 0.5) is 0 Å². The summed E-state index contributed by atoms with van der Waals surface area (Å²) in [5.74, 6) is -6.42. The molecule has 2 rings (SSSR count). The monoisotopic (exact) mass is 689 g/mol. The summed E-state index contributed by atoms with van der Waals surface area (Å²) in [7, 11) is 0. The van der Waals surface area contributed by atoms with Crippen LogP contribution in [0.15, 0.2) is 60.7 Å². The van der Waals surface area contributed by atoms with Crippen molar-refractivity contribution < 1.29 is 59.0 Å². The van der Waals surface area contributed by atoms with Crippen LogP contribution in [0.3, 0.4) is 0 Å². The van der Waals surface area contributed by atoms with Crippen molar-refractivity contribution in [3.05, 3.63) is 71.8 Å². The predicted molar refractivity (Wildman–Crippen MR) is 176 cm³/mol. The van der Waals surface area contributed by atoms with Crippen LogP contribution in [0.25, 0.3) is 0 Å². The van der Waals surface area contributed by atoms with Crippen LogP contribution in [-0.2, 0) is 46.7 Å². The zero-order chi connectivity index (χ0) is 36.2. The van der Waals surface area contributed by atoms with Gasteiger partial charge in [0, 0.05) is 26.2 Å². The Hall–Kier alpha value is -4.41. The van der Waals surface area contributed by atoms with Gasteiger partial charge in [-0.1, -0.05) is 80.4 Å². The molecule has 0 radical (unpaired) electrons. The van der Waals surface area contributed by atoms with E-state index in [-0.39, 0.29) is 59.0 Å². The standard InChI is InChI=1S/C34H47N3O12/c1-2-3-14-27(32(42)43)35(15-17-36(19-30(38)39)28(33(44)45)23-48-21-25-10-6-4-7-11-25)16-18-37(20-31(40)41)29(34(46)47)24-49-22-26-12-8-5-9-13-26/h4-13,27-29H,2-3,14-24H2,1H3,(H,38,39)(H,40,41)(H,42,43)(H,44,45)(H,46,47).